The Labute approximate surface area is 176 Å². The second-order valence-corrected chi connectivity index (χ2v) is 10.5. The summed E-state index contributed by atoms with van der Waals surface area (Å²) in [5.74, 6) is 0.488. The molecule has 30 heavy (non-hydrogen) atoms. The van der Waals surface area contributed by atoms with Gasteiger partial charge in [-0.05, 0) is 49.4 Å². The molecule has 2 unspecified atom stereocenters. The number of nitrogens with zero attached hydrogens (tertiary/aromatic N) is 5. The standard InChI is InChI=1S/C19H18N6O3S2/c1-10-13-6-12(4-5-15(13)30(27,28)22-10)25-8-14(21-23-25)18(26)17-19(11-2-3-11)29-16-7-20-9-24(16)17/h4-11,18,22,26H,2-3H2,1H3. The summed E-state index contributed by atoms with van der Waals surface area (Å²) in [5, 5.41) is 19.5. The van der Waals surface area contributed by atoms with Crippen molar-refractivity contribution in [1.29, 1.82) is 0 Å². The van der Waals surface area contributed by atoms with Crippen molar-refractivity contribution in [3.8, 4) is 5.69 Å². The van der Waals surface area contributed by atoms with Crippen LogP contribution in [0.3, 0.4) is 0 Å². The first-order chi connectivity index (χ1) is 14.4. The normalized spacial score (nSPS) is 21.2. The lowest BCUT2D eigenvalue weighted by Gasteiger charge is -2.09. The number of thiazole rings is 1. The molecular formula is C19H18N6O3S2. The molecule has 1 aromatic carbocycles. The average molecular weight is 443 g/mol. The van der Waals surface area contributed by atoms with Crippen molar-refractivity contribution < 1.29 is 13.5 Å². The van der Waals surface area contributed by atoms with Gasteiger partial charge in [0.15, 0.2) is 0 Å². The summed E-state index contributed by atoms with van der Waals surface area (Å²) in [5.41, 5.74) is 2.62. The minimum atomic E-state index is -3.46. The van der Waals surface area contributed by atoms with Gasteiger partial charge in [-0.3, -0.25) is 4.40 Å². The number of fused-ring (bicyclic) bond motifs is 2. The molecule has 9 nitrogen and oxygen atoms in total. The van der Waals surface area contributed by atoms with Crippen LogP contribution in [0.5, 0.6) is 0 Å². The van der Waals surface area contributed by atoms with Crippen LogP contribution in [0.15, 0.2) is 41.8 Å². The fraction of sp³-hybridized carbons (Fsp3) is 0.316. The molecule has 0 radical (unpaired) electrons. The van der Waals surface area contributed by atoms with E-state index in [9.17, 15) is 13.5 Å². The summed E-state index contributed by atoms with van der Waals surface area (Å²) < 4.78 is 30.3. The first-order valence-corrected chi connectivity index (χ1v) is 11.9. The van der Waals surface area contributed by atoms with Crippen LogP contribution in [0.4, 0.5) is 0 Å². The van der Waals surface area contributed by atoms with Crippen LogP contribution in [0.25, 0.3) is 10.5 Å². The van der Waals surface area contributed by atoms with Crippen molar-refractivity contribution >= 4 is 26.2 Å². The molecule has 4 aromatic rings. The van der Waals surface area contributed by atoms with E-state index in [1.165, 1.54) is 4.88 Å². The Morgan fingerprint density at radius 1 is 1.33 bits per heavy atom. The molecule has 0 saturated heterocycles. The second-order valence-electron chi connectivity index (χ2n) is 7.78. The molecule has 2 N–H and O–H groups in total. The van der Waals surface area contributed by atoms with Gasteiger partial charge >= 0.3 is 0 Å². The maximum atomic E-state index is 12.1. The first kappa shape index (κ1) is 18.2. The number of aromatic nitrogens is 5. The Bertz CT molecular complexity index is 1400. The number of hydrogen-bond donors (Lipinski definition) is 2. The van der Waals surface area contributed by atoms with Crippen molar-refractivity contribution in [3.63, 3.8) is 0 Å². The molecule has 4 heterocycles. The molecule has 1 saturated carbocycles. The van der Waals surface area contributed by atoms with Gasteiger partial charge < -0.3 is 5.11 Å². The van der Waals surface area contributed by atoms with E-state index in [0.717, 1.165) is 23.4 Å². The van der Waals surface area contributed by atoms with Gasteiger partial charge in [0.25, 0.3) is 0 Å². The van der Waals surface area contributed by atoms with E-state index in [0.29, 0.717) is 22.9 Å². The summed E-state index contributed by atoms with van der Waals surface area (Å²) in [4.78, 5) is 6.65. The molecule has 1 aliphatic carbocycles. The molecule has 154 valence electrons. The van der Waals surface area contributed by atoms with Crippen LogP contribution >= 0.6 is 11.3 Å². The summed E-state index contributed by atoms with van der Waals surface area (Å²) in [6.07, 6.45) is 6.55. The highest BCUT2D eigenvalue weighted by molar-refractivity contribution is 7.89. The SMILES string of the molecule is CC1NS(=O)(=O)c2ccc(-n3cc(C(O)c4c(C5CC5)sc5cncn45)nn3)cc21. The van der Waals surface area contributed by atoms with Gasteiger partial charge in [-0.1, -0.05) is 5.21 Å². The van der Waals surface area contributed by atoms with Crippen LogP contribution in [0, 0.1) is 0 Å². The number of nitrogens with one attached hydrogen (secondary N) is 1. The van der Waals surface area contributed by atoms with Crippen LogP contribution in [-0.2, 0) is 10.0 Å². The topological polar surface area (TPSA) is 114 Å². The fourth-order valence-corrected chi connectivity index (χ4v) is 6.83. The van der Waals surface area contributed by atoms with Crippen molar-refractivity contribution in [2.24, 2.45) is 0 Å². The lowest BCUT2D eigenvalue weighted by Crippen LogP contribution is -2.17. The monoisotopic (exact) mass is 442 g/mol. The van der Waals surface area contributed by atoms with Gasteiger partial charge in [-0.25, -0.2) is 22.8 Å². The van der Waals surface area contributed by atoms with Gasteiger partial charge in [-0.2, -0.15) is 0 Å². The Hall–Kier alpha value is -2.60. The predicted molar refractivity (Wildman–Crippen MR) is 109 cm³/mol. The largest absolute Gasteiger partial charge is 0.380 e. The van der Waals surface area contributed by atoms with Gasteiger partial charge in [0.05, 0.1) is 28.7 Å². The predicted octanol–water partition coefficient (Wildman–Crippen LogP) is 2.29. The van der Waals surface area contributed by atoms with Gasteiger partial charge in [-0.15, -0.1) is 16.4 Å². The zero-order valence-corrected chi connectivity index (χ0v) is 17.6. The third-order valence-electron chi connectivity index (χ3n) is 5.68. The zero-order chi connectivity index (χ0) is 20.6. The summed E-state index contributed by atoms with van der Waals surface area (Å²) in [6.45, 7) is 1.80. The molecular weight excluding hydrogens is 424 g/mol. The van der Waals surface area contributed by atoms with E-state index in [1.807, 2.05) is 4.40 Å². The minimum Gasteiger partial charge on any atom is -0.380 e. The Morgan fingerprint density at radius 2 is 2.17 bits per heavy atom. The summed E-state index contributed by atoms with van der Waals surface area (Å²) >= 11 is 1.66. The molecule has 0 amide bonds. The van der Waals surface area contributed by atoms with Crippen molar-refractivity contribution in [1.82, 2.24) is 29.1 Å². The van der Waals surface area contributed by atoms with E-state index >= 15 is 0 Å². The van der Waals surface area contributed by atoms with Gasteiger partial charge in [0.2, 0.25) is 10.0 Å². The lowest BCUT2D eigenvalue weighted by molar-refractivity contribution is 0.208. The second kappa shape index (κ2) is 6.20. The fourth-order valence-electron chi connectivity index (χ4n) is 4.02. The van der Waals surface area contributed by atoms with E-state index in [1.54, 1.807) is 59.9 Å². The highest BCUT2D eigenvalue weighted by Gasteiger charge is 2.34. The molecule has 1 fully saturated rings. The number of aliphatic hydroxyl groups is 1. The average Bonchev–Trinajstić information content (AvgIpc) is 3.05. The van der Waals surface area contributed by atoms with Gasteiger partial charge in [0.1, 0.15) is 23.0 Å². The third kappa shape index (κ3) is 2.66. The Balaban J connectivity index is 1.39. The van der Waals surface area contributed by atoms with E-state index < -0.39 is 16.1 Å². The molecule has 3 aromatic heterocycles. The number of rotatable bonds is 4. The van der Waals surface area contributed by atoms with Crippen molar-refractivity contribution in [2.75, 3.05) is 0 Å². The van der Waals surface area contributed by atoms with Crippen molar-refractivity contribution in [2.45, 2.75) is 42.7 Å². The molecule has 2 atom stereocenters. The smallest absolute Gasteiger partial charge is 0.241 e. The molecule has 1 aliphatic heterocycles. The highest BCUT2D eigenvalue weighted by atomic mass is 32.2. The molecule has 11 heteroatoms. The zero-order valence-electron chi connectivity index (χ0n) is 15.9. The minimum absolute atomic E-state index is 0.286. The van der Waals surface area contributed by atoms with Crippen molar-refractivity contribution in [3.05, 3.63) is 58.7 Å². The molecule has 0 spiro atoms. The van der Waals surface area contributed by atoms with Crippen LogP contribution in [0.1, 0.15) is 59.7 Å². The lowest BCUT2D eigenvalue weighted by atomic mass is 10.1. The molecule has 6 rings (SSSR count). The van der Waals surface area contributed by atoms with E-state index in [-0.39, 0.29) is 10.9 Å². The summed E-state index contributed by atoms with van der Waals surface area (Å²) in [6, 6.07) is 4.75. The summed E-state index contributed by atoms with van der Waals surface area (Å²) in [7, 11) is -3.46. The third-order valence-corrected chi connectivity index (χ3v) is 8.56. The Morgan fingerprint density at radius 3 is 2.97 bits per heavy atom. The maximum Gasteiger partial charge on any atom is 0.241 e. The quantitative estimate of drug-likeness (QED) is 0.501. The van der Waals surface area contributed by atoms with E-state index in [4.69, 9.17) is 0 Å². The van der Waals surface area contributed by atoms with Crippen LogP contribution in [-0.4, -0.2) is 37.9 Å². The number of imidazole rings is 1. The van der Waals surface area contributed by atoms with Crippen LogP contribution in [0.2, 0.25) is 0 Å². The number of hydrogen-bond acceptors (Lipinski definition) is 7. The van der Waals surface area contributed by atoms with Crippen LogP contribution < -0.4 is 4.72 Å². The van der Waals surface area contributed by atoms with E-state index in [2.05, 4.69) is 20.0 Å². The number of benzene rings is 1. The highest BCUT2D eigenvalue weighted by Crippen LogP contribution is 2.47. The molecule has 0 bridgehead atoms. The maximum absolute atomic E-state index is 12.1. The number of sulfonamides is 1. The van der Waals surface area contributed by atoms with Gasteiger partial charge in [0, 0.05) is 10.9 Å². The molecule has 2 aliphatic rings. The number of aliphatic hydroxyl groups excluding tert-OH is 1. The Kier molecular flexibility index (Phi) is 3.76. The first-order valence-electron chi connectivity index (χ1n) is 9.64.